The van der Waals surface area contributed by atoms with Gasteiger partial charge in [0.2, 0.25) is 0 Å². The molecule has 3 heteroatoms. The topological polar surface area (TPSA) is 26.0 Å². The zero-order valence-electron chi connectivity index (χ0n) is 9.42. The normalized spacial score (nSPS) is 17.6. The molecule has 0 amide bonds. The Balaban J connectivity index is 1.93. The van der Waals surface area contributed by atoms with Crippen molar-refractivity contribution in [1.29, 1.82) is 0 Å². The Hall–Kier alpha value is -0.340. The van der Waals surface area contributed by atoms with Crippen LogP contribution in [0.1, 0.15) is 37.7 Å². The first-order valence-corrected chi connectivity index (χ1v) is 7.34. The molecule has 2 rings (SSSR count). The Morgan fingerprint density at radius 1 is 1.25 bits per heavy atom. The molecule has 2 N–H and O–H groups in total. The van der Waals surface area contributed by atoms with Crippen LogP contribution < -0.4 is 5.73 Å². The van der Waals surface area contributed by atoms with Crippen molar-refractivity contribution in [2.24, 2.45) is 0 Å². The van der Waals surface area contributed by atoms with Crippen LogP contribution in [0.15, 0.2) is 18.2 Å². The van der Waals surface area contributed by atoms with Gasteiger partial charge in [-0.3, -0.25) is 0 Å². The molecule has 1 saturated carbocycles. The zero-order chi connectivity index (χ0) is 11.4. The summed E-state index contributed by atoms with van der Waals surface area (Å²) in [5.41, 5.74) is 7.88. The lowest BCUT2D eigenvalue weighted by molar-refractivity contribution is 0.516. The van der Waals surface area contributed by atoms with Crippen molar-refractivity contribution in [3.05, 3.63) is 28.8 Å². The lowest BCUT2D eigenvalue weighted by Crippen LogP contribution is -2.08. The van der Waals surface area contributed by atoms with Crippen LogP contribution in [0.4, 0.5) is 5.69 Å². The quantitative estimate of drug-likeness (QED) is 0.806. The van der Waals surface area contributed by atoms with Gasteiger partial charge < -0.3 is 5.73 Å². The Morgan fingerprint density at radius 2 is 2.00 bits per heavy atom. The Bertz CT molecular complexity index is 328. The number of nitrogens with two attached hydrogens (primary N) is 1. The van der Waals surface area contributed by atoms with Gasteiger partial charge in [-0.15, -0.1) is 0 Å². The number of hydrogen-bond acceptors (Lipinski definition) is 2. The molecular weight excluding hydrogens is 238 g/mol. The number of benzene rings is 1. The van der Waals surface area contributed by atoms with Crippen molar-refractivity contribution >= 4 is 29.1 Å². The van der Waals surface area contributed by atoms with Crippen molar-refractivity contribution in [2.45, 2.75) is 43.1 Å². The maximum absolute atomic E-state index is 6.15. The summed E-state index contributed by atoms with van der Waals surface area (Å²) in [6.45, 7) is 0. The van der Waals surface area contributed by atoms with Gasteiger partial charge >= 0.3 is 0 Å². The third-order valence-electron chi connectivity index (χ3n) is 3.17. The number of thioether (sulfide) groups is 1. The van der Waals surface area contributed by atoms with Gasteiger partial charge in [0.1, 0.15) is 0 Å². The van der Waals surface area contributed by atoms with Gasteiger partial charge in [0.15, 0.2) is 0 Å². The highest BCUT2D eigenvalue weighted by Gasteiger charge is 2.15. The fourth-order valence-electron chi connectivity index (χ4n) is 2.16. The van der Waals surface area contributed by atoms with Gasteiger partial charge in [-0.1, -0.05) is 36.9 Å². The minimum atomic E-state index is 0.809. The highest BCUT2D eigenvalue weighted by molar-refractivity contribution is 7.99. The molecule has 1 aliphatic carbocycles. The minimum Gasteiger partial charge on any atom is -0.398 e. The zero-order valence-corrected chi connectivity index (χ0v) is 11.0. The maximum Gasteiger partial charge on any atom is 0.0466 e. The molecule has 0 spiro atoms. The molecular formula is C13H18ClNS. The summed E-state index contributed by atoms with van der Waals surface area (Å²) in [5.74, 6) is 0.955. The van der Waals surface area contributed by atoms with Crippen molar-refractivity contribution in [3.8, 4) is 0 Å². The standard InChI is InChI=1S/C13H18ClNS/c14-12-7-4-8-13(15)11(12)9-16-10-5-2-1-3-6-10/h4,7-8,10H,1-3,5-6,9,15H2. The van der Waals surface area contributed by atoms with Crippen LogP contribution in [0, 0.1) is 0 Å². The predicted octanol–water partition coefficient (Wildman–Crippen LogP) is 4.49. The van der Waals surface area contributed by atoms with Gasteiger partial charge in [0.05, 0.1) is 0 Å². The average molecular weight is 256 g/mol. The van der Waals surface area contributed by atoms with Crippen LogP contribution in [0.3, 0.4) is 0 Å². The van der Waals surface area contributed by atoms with E-state index >= 15 is 0 Å². The number of halogens is 1. The third-order valence-corrected chi connectivity index (χ3v) is 4.92. The Kier molecular flexibility index (Phi) is 4.42. The largest absolute Gasteiger partial charge is 0.398 e. The summed E-state index contributed by atoms with van der Waals surface area (Å²) in [5, 5.41) is 1.62. The van der Waals surface area contributed by atoms with Crippen LogP contribution in [-0.4, -0.2) is 5.25 Å². The number of hydrogen-bond donors (Lipinski definition) is 1. The van der Waals surface area contributed by atoms with E-state index in [0.29, 0.717) is 0 Å². The molecule has 0 atom stereocenters. The van der Waals surface area contributed by atoms with Crippen LogP contribution in [-0.2, 0) is 5.75 Å². The molecule has 1 aliphatic rings. The van der Waals surface area contributed by atoms with Gasteiger partial charge in [-0.25, -0.2) is 0 Å². The summed E-state index contributed by atoms with van der Waals surface area (Å²) in [6.07, 6.45) is 6.89. The summed E-state index contributed by atoms with van der Waals surface area (Å²) < 4.78 is 0. The second kappa shape index (κ2) is 5.83. The highest BCUT2D eigenvalue weighted by atomic mass is 35.5. The average Bonchev–Trinajstić information content (AvgIpc) is 2.30. The third kappa shape index (κ3) is 3.08. The van der Waals surface area contributed by atoms with Crippen LogP contribution in [0.2, 0.25) is 5.02 Å². The predicted molar refractivity (Wildman–Crippen MR) is 74.0 cm³/mol. The minimum absolute atomic E-state index is 0.809. The van der Waals surface area contributed by atoms with Gasteiger partial charge in [-0.2, -0.15) is 11.8 Å². The summed E-state index contributed by atoms with van der Waals surface area (Å²) in [6, 6.07) is 5.77. The number of nitrogen functional groups attached to an aromatic ring is 1. The highest BCUT2D eigenvalue weighted by Crippen LogP contribution is 2.33. The lowest BCUT2D eigenvalue weighted by atomic mass is 10.0. The van der Waals surface area contributed by atoms with Crippen molar-refractivity contribution < 1.29 is 0 Å². The summed E-state index contributed by atoms with van der Waals surface area (Å²) in [4.78, 5) is 0. The van der Waals surface area contributed by atoms with E-state index in [1.165, 1.54) is 32.1 Å². The van der Waals surface area contributed by atoms with E-state index in [1.54, 1.807) is 0 Å². The summed E-state index contributed by atoms with van der Waals surface area (Å²) in [7, 11) is 0. The molecule has 0 aromatic heterocycles. The smallest absolute Gasteiger partial charge is 0.0466 e. The first-order valence-electron chi connectivity index (χ1n) is 5.92. The molecule has 0 heterocycles. The first-order chi connectivity index (χ1) is 7.77. The Morgan fingerprint density at radius 3 is 2.69 bits per heavy atom. The molecule has 1 aromatic carbocycles. The molecule has 1 aromatic rings. The van der Waals surface area contributed by atoms with E-state index in [9.17, 15) is 0 Å². The van der Waals surface area contributed by atoms with Gasteiger partial charge in [0, 0.05) is 27.3 Å². The van der Waals surface area contributed by atoms with Gasteiger partial charge in [-0.05, 0) is 25.0 Å². The molecule has 1 nitrogen and oxygen atoms in total. The molecule has 88 valence electrons. The molecule has 0 aliphatic heterocycles. The van der Waals surface area contributed by atoms with Crippen LogP contribution in [0.25, 0.3) is 0 Å². The summed E-state index contributed by atoms with van der Waals surface area (Å²) >= 11 is 8.17. The van der Waals surface area contributed by atoms with E-state index in [1.807, 2.05) is 30.0 Å². The SMILES string of the molecule is Nc1cccc(Cl)c1CSC1CCCCC1. The molecule has 0 unspecified atom stereocenters. The monoisotopic (exact) mass is 255 g/mol. The van der Waals surface area contributed by atoms with Gasteiger partial charge in [0.25, 0.3) is 0 Å². The van der Waals surface area contributed by atoms with Crippen LogP contribution >= 0.6 is 23.4 Å². The van der Waals surface area contributed by atoms with E-state index in [0.717, 1.165) is 27.3 Å². The van der Waals surface area contributed by atoms with Crippen molar-refractivity contribution in [2.75, 3.05) is 5.73 Å². The molecule has 0 bridgehead atoms. The Labute approximate surface area is 107 Å². The first kappa shape index (κ1) is 12.1. The molecule has 16 heavy (non-hydrogen) atoms. The second-order valence-electron chi connectivity index (χ2n) is 4.38. The van der Waals surface area contributed by atoms with E-state index < -0.39 is 0 Å². The number of anilines is 1. The van der Waals surface area contributed by atoms with Crippen molar-refractivity contribution in [3.63, 3.8) is 0 Å². The second-order valence-corrected chi connectivity index (χ2v) is 6.07. The number of rotatable bonds is 3. The fourth-order valence-corrected chi connectivity index (χ4v) is 3.88. The van der Waals surface area contributed by atoms with E-state index in [2.05, 4.69) is 0 Å². The van der Waals surface area contributed by atoms with E-state index in [-0.39, 0.29) is 0 Å². The lowest BCUT2D eigenvalue weighted by Gasteiger charge is -2.21. The fraction of sp³-hybridized carbons (Fsp3) is 0.538. The molecule has 0 radical (unpaired) electrons. The maximum atomic E-state index is 6.15. The van der Waals surface area contributed by atoms with E-state index in [4.69, 9.17) is 17.3 Å². The van der Waals surface area contributed by atoms with Crippen molar-refractivity contribution in [1.82, 2.24) is 0 Å². The molecule has 1 fully saturated rings. The van der Waals surface area contributed by atoms with Crippen LogP contribution in [0.5, 0.6) is 0 Å². The molecule has 0 saturated heterocycles.